The standard InChI is InChI=1S/C15H16O7/c1-2-12(17)22-8-6-10-9(5-7-16)3-4-11(14(18)19)13(10)15(20)21/h2-4,16H,1,5-8H2,(H,18,19)(H,20,21)/p-2. The number of esters is 1. The zero-order valence-electron chi connectivity index (χ0n) is 11.7. The van der Waals surface area contributed by atoms with Gasteiger partial charge in [0, 0.05) is 30.2 Å². The van der Waals surface area contributed by atoms with Crippen LogP contribution in [0, 0.1) is 0 Å². The molecule has 0 bridgehead atoms. The molecule has 1 rings (SSSR count). The van der Waals surface area contributed by atoms with Gasteiger partial charge in [-0.3, -0.25) is 0 Å². The minimum atomic E-state index is -1.68. The number of benzene rings is 1. The van der Waals surface area contributed by atoms with Gasteiger partial charge in [-0.05, 0) is 17.5 Å². The van der Waals surface area contributed by atoms with E-state index in [-0.39, 0.29) is 31.6 Å². The van der Waals surface area contributed by atoms with Crippen LogP contribution in [0.2, 0.25) is 0 Å². The smallest absolute Gasteiger partial charge is 0.330 e. The molecule has 1 aromatic carbocycles. The number of aliphatic hydroxyl groups excluding tert-OH is 1. The average Bonchev–Trinajstić information content (AvgIpc) is 2.47. The molecule has 0 atom stereocenters. The van der Waals surface area contributed by atoms with Crippen molar-refractivity contribution in [1.29, 1.82) is 0 Å². The first kappa shape index (κ1) is 17.4. The Morgan fingerprint density at radius 2 is 1.86 bits per heavy atom. The molecule has 1 aromatic rings. The molecule has 0 aliphatic carbocycles. The van der Waals surface area contributed by atoms with Crippen LogP contribution in [0.5, 0.6) is 0 Å². The van der Waals surface area contributed by atoms with E-state index in [9.17, 15) is 24.6 Å². The first-order valence-electron chi connectivity index (χ1n) is 6.39. The molecule has 0 aliphatic rings. The Bertz CT molecular complexity index is 604. The molecule has 0 saturated carbocycles. The topological polar surface area (TPSA) is 127 Å². The predicted octanol–water partition coefficient (Wildman–Crippen LogP) is -1.78. The van der Waals surface area contributed by atoms with Gasteiger partial charge < -0.3 is 29.6 Å². The number of ether oxygens (including phenoxy) is 1. The maximum absolute atomic E-state index is 11.3. The highest BCUT2D eigenvalue weighted by Crippen LogP contribution is 2.20. The van der Waals surface area contributed by atoms with Crippen molar-refractivity contribution in [1.82, 2.24) is 0 Å². The molecule has 0 radical (unpaired) electrons. The minimum absolute atomic E-state index is 0.0423. The number of aliphatic hydroxyl groups is 1. The molecule has 7 heteroatoms. The van der Waals surface area contributed by atoms with Gasteiger partial charge in [-0.15, -0.1) is 0 Å². The number of hydrogen-bond acceptors (Lipinski definition) is 7. The summed E-state index contributed by atoms with van der Waals surface area (Å²) in [6.45, 7) is 2.80. The van der Waals surface area contributed by atoms with Crippen molar-refractivity contribution in [2.24, 2.45) is 0 Å². The number of aromatic carboxylic acids is 2. The molecule has 0 fully saturated rings. The van der Waals surface area contributed by atoms with Crippen molar-refractivity contribution in [3.8, 4) is 0 Å². The van der Waals surface area contributed by atoms with E-state index in [0.717, 1.165) is 12.1 Å². The van der Waals surface area contributed by atoms with Crippen molar-refractivity contribution in [2.45, 2.75) is 12.8 Å². The van der Waals surface area contributed by atoms with E-state index < -0.39 is 29.0 Å². The number of hydrogen-bond donors (Lipinski definition) is 1. The Morgan fingerprint density at radius 1 is 1.18 bits per heavy atom. The molecule has 0 unspecified atom stereocenters. The summed E-state index contributed by atoms with van der Waals surface area (Å²) in [4.78, 5) is 33.3. The Hall–Kier alpha value is -2.67. The molecule has 0 saturated heterocycles. The third kappa shape index (κ3) is 4.16. The van der Waals surface area contributed by atoms with Gasteiger partial charge in [0.25, 0.3) is 0 Å². The van der Waals surface area contributed by atoms with E-state index in [4.69, 9.17) is 9.84 Å². The number of carboxylic acid groups (broad SMARTS) is 2. The minimum Gasteiger partial charge on any atom is -0.545 e. The molecular formula is C15H14O7-2. The fourth-order valence-corrected chi connectivity index (χ4v) is 2.05. The lowest BCUT2D eigenvalue weighted by atomic mass is 9.92. The van der Waals surface area contributed by atoms with E-state index in [0.29, 0.717) is 5.56 Å². The van der Waals surface area contributed by atoms with Crippen molar-refractivity contribution in [3.05, 3.63) is 47.0 Å². The van der Waals surface area contributed by atoms with Gasteiger partial charge in [0.05, 0.1) is 18.5 Å². The maximum Gasteiger partial charge on any atom is 0.330 e. The zero-order chi connectivity index (χ0) is 16.7. The second kappa shape index (κ2) is 7.94. The summed E-state index contributed by atoms with van der Waals surface area (Å²) in [6, 6.07) is 2.48. The summed E-state index contributed by atoms with van der Waals surface area (Å²) in [5.74, 6) is -4.02. The first-order valence-corrected chi connectivity index (χ1v) is 6.39. The van der Waals surface area contributed by atoms with Gasteiger partial charge in [0.15, 0.2) is 0 Å². The predicted molar refractivity (Wildman–Crippen MR) is 70.8 cm³/mol. The van der Waals surface area contributed by atoms with Gasteiger partial charge in [-0.25, -0.2) is 4.79 Å². The summed E-state index contributed by atoms with van der Waals surface area (Å²) in [6.07, 6.45) is 1.03. The molecule has 0 spiro atoms. The highest BCUT2D eigenvalue weighted by molar-refractivity contribution is 6.01. The highest BCUT2D eigenvalue weighted by atomic mass is 16.5. The van der Waals surface area contributed by atoms with E-state index in [1.54, 1.807) is 0 Å². The second-order valence-corrected chi connectivity index (χ2v) is 4.30. The summed E-state index contributed by atoms with van der Waals surface area (Å²) in [5.41, 5.74) is -0.485. The molecule has 0 heterocycles. The van der Waals surface area contributed by atoms with Crippen LogP contribution < -0.4 is 10.2 Å². The number of carboxylic acids is 2. The summed E-state index contributed by atoms with van der Waals surface area (Å²) in [5, 5.41) is 31.3. The Kier molecular flexibility index (Phi) is 6.27. The van der Waals surface area contributed by atoms with Crippen molar-refractivity contribution >= 4 is 17.9 Å². The summed E-state index contributed by atoms with van der Waals surface area (Å²) >= 11 is 0. The normalized spacial score (nSPS) is 10.0. The highest BCUT2D eigenvalue weighted by Gasteiger charge is 2.15. The molecule has 0 amide bonds. The molecule has 1 N–H and O–H groups in total. The van der Waals surface area contributed by atoms with Crippen LogP contribution in [0.3, 0.4) is 0 Å². The number of carbonyl (C=O) groups excluding carboxylic acids is 3. The second-order valence-electron chi connectivity index (χ2n) is 4.30. The van der Waals surface area contributed by atoms with Crippen LogP contribution in [-0.4, -0.2) is 36.2 Å². The van der Waals surface area contributed by atoms with Crippen LogP contribution in [0.4, 0.5) is 0 Å². The van der Waals surface area contributed by atoms with Gasteiger partial charge in [0.1, 0.15) is 0 Å². The lowest BCUT2D eigenvalue weighted by Crippen LogP contribution is -2.32. The Labute approximate surface area is 126 Å². The van der Waals surface area contributed by atoms with Gasteiger partial charge >= 0.3 is 5.97 Å². The van der Waals surface area contributed by atoms with Crippen molar-refractivity contribution in [2.75, 3.05) is 13.2 Å². The van der Waals surface area contributed by atoms with Gasteiger partial charge in [-0.1, -0.05) is 18.7 Å². The zero-order valence-corrected chi connectivity index (χ0v) is 11.7. The van der Waals surface area contributed by atoms with Gasteiger partial charge in [0.2, 0.25) is 0 Å². The largest absolute Gasteiger partial charge is 0.545 e. The molecule has 118 valence electrons. The van der Waals surface area contributed by atoms with E-state index >= 15 is 0 Å². The van der Waals surface area contributed by atoms with Crippen LogP contribution in [0.15, 0.2) is 24.8 Å². The monoisotopic (exact) mass is 306 g/mol. The van der Waals surface area contributed by atoms with Gasteiger partial charge in [-0.2, -0.15) is 0 Å². The Balaban J connectivity index is 3.24. The van der Waals surface area contributed by atoms with Crippen LogP contribution in [-0.2, 0) is 22.4 Å². The van der Waals surface area contributed by atoms with E-state index in [1.165, 1.54) is 6.07 Å². The molecule has 7 nitrogen and oxygen atoms in total. The van der Waals surface area contributed by atoms with E-state index in [2.05, 4.69) is 6.58 Å². The molecule has 0 aromatic heterocycles. The number of rotatable bonds is 8. The molecular weight excluding hydrogens is 292 g/mol. The fraction of sp³-hybridized carbons (Fsp3) is 0.267. The average molecular weight is 306 g/mol. The van der Waals surface area contributed by atoms with Crippen LogP contribution in [0.25, 0.3) is 0 Å². The van der Waals surface area contributed by atoms with Crippen molar-refractivity contribution < 1.29 is 34.4 Å². The lowest BCUT2D eigenvalue weighted by Gasteiger charge is -2.20. The third-order valence-corrected chi connectivity index (χ3v) is 2.98. The fourth-order valence-electron chi connectivity index (χ4n) is 2.05. The molecule has 0 aliphatic heterocycles. The lowest BCUT2D eigenvalue weighted by molar-refractivity contribution is -0.259. The molecule has 22 heavy (non-hydrogen) atoms. The van der Waals surface area contributed by atoms with Crippen LogP contribution >= 0.6 is 0 Å². The number of carbonyl (C=O) groups is 3. The third-order valence-electron chi connectivity index (χ3n) is 2.98. The Morgan fingerprint density at radius 3 is 2.36 bits per heavy atom. The van der Waals surface area contributed by atoms with E-state index in [1.807, 2.05) is 0 Å². The summed E-state index contributed by atoms with van der Waals surface area (Å²) in [7, 11) is 0. The van der Waals surface area contributed by atoms with Crippen molar-refractivity contribution in [3.63, 3.8) is 0 Å². The first-order chi connectivity index (χ1) is 10.4. The quantitative estimate of drug-likeness (QED) is 0.444. The SMILES string of the molecule is C=CC(=O)OCCc1c(CCO)ccc(C(=O)[O-])c1C(=O)[O-]. The maximum atomic E-state index is 11.3. The van der Waals surface area contributed by atoms with Crippen LogP contribution in [0.1, 0.15) is 31.8 Å². The summed E-state index contributed by atoms with van der Waals surface area (Å²) < 4.78 is 4.77.